The number of rotatable bonds is 5. The summed E-state index contributed by atoms with van der Waals surface area (Å²) in [6, 6.07) is 32.8. The van der Waals surface area contributed by atoms with Gasteiger partial charge in [-0.3, -0.25) is 9.37 Å². The molecule has 8 aromatic rings. The molecule has 5 nitrogen and oxygen atoms in total. The molecule has 0 aliphatic rings. The van der Waals surface area contributed by atoms with Crippen molar-refractivity contribution in [2.45, 2.75) is 60.2 Å². The van der Waals surface area contributed by atoms with Crippen molar-refractivity contribution >= 4 is 33.1 Å². The first-order valence-electron chi connectivity index (χ1n) is 18.3. The van der Waals surface area contributed by atoms with Gasteiger partial charge < -0.3 is 14.0 Å². The zero-order valence-electron chi connectivity index (χ0n) is 32.3. The van der Waals surface area contributed by atoms with Crippen molar-refractivity contribution in [1.29, 1.82) is 0 Å². The molecule has 0 aliphatic carbocycles. The summed E-state index contributed by atoms with van der Waals surface area (Å²) in [7, 11) is 0. The molecule has 51 heavy (non-hydrogen) atoms. The number of hydrogen-bond donors (Lipinski definition) is 0. The van der Waals surface area contributed by atoms with Crippen LogP contribution in [0.1, 0.15) is 71.5 Å². The van der Waals surface area contributed by atoms with Gasteiger partial charge in [0.05, 0.1) is 16.9 Å². The number of nitrogens with zero attached hydrogens (tertiary/aromatic N) is 4. The Balaban J connectivity index is 0.000000222. The molecule has 0 fully saturated rings. The van der Waals surface area contributed by atoms with Crippen LogP contribution in [0.4, 0.5) is 4.39 Å². The number of aromatic nitrogens is 4. The van der Waals surface area contributed by atoms with E-state index in [0.29, 0.717) is 17.5 Å². The number of imidazole rings is 1. The molecule has 0 N–H and O–H groups in total. The van der Waals surface area contributed by atoms with Gasteiger partial charge in [0.1, 0.15) is 5.58 Å². The van der Waals surface area contributed by atoms with Crippen molar-refractivity contribution in [2.75, 3.05) is 0 Å². The van der Waals surface area contributed by atoms with Crippen molar-refractivity contribution in [3.8, 4) is 28.3 Å². The van der Waals surface area contributed by atoms with Crippen molar-refractivity contribution in [2.24, 2.45) is 0 Å². The maximum atomic E-state index is 13.8. The van der Waals surface area contributed by atoms with E-state index in [4.69, 9.17) is 18.5 Å². The van der Waals surface area contributed by atoms with Crippen molar-refractivity contribution in [3.63, 3.8) is 0 Å². The van der Waals surface area contributed by atoms with Crippen LogP contribution in [-0.2, 0) is 20.1 Å². The predicted molar refractivity (Wildman–Crippen MR) is 201 cm³/mol. The summed E-state index contributed by atoms with van der Waals surface area (Å²) >= 11 is 0. The average Bonchev–Trinajstić information content (AvgIpc) is 3.71. The maximum Gasteiger partial charge on any atom is 0.155 e. The Labute approximate surface area is 316 Å². The Morgan fingerprint density at radius 1 is 0.824 bits per heavy atom. The third-order valence-electron chi connectivity index (χ3n) is 8.94. The van der Waals surface area contributed by atoms with Crippen LogP contribution in [0.5, 0.6) is 0 Å². The van der Waals surface area contributed by atoms with Gasteiger partial charge in [0.25, 0.3) is 0 Å². The van der Waals surface area contributed by atoms with Gasteiger partial charge in [-0.1, -0.05) is 99.6 Å². The molecule has 0 bridgehead atoms. The molecular weight excluding hydrogens is 812 g/mol. The molecule has 0 saturated carbocycles. The quantitative estimate of drug-likeness (QED) is 0.162. The number of benzene rings is 4. The van der Waals surface area contributed by atoms with Crippen molar-refractivity contribution < 1.29 is 33.0 Å². The summed E-state index contributed by atoms with van der Waals surface area (Å²) in [5, 5.41) is 2.17. The van der Waals surface area contributed by atoms with Crippen LogP contribution in [0, 0.1) is 38.6 Å². The van der Waals surface area contributed by atoms with E-state index in [1.807, 2.05) is 49.5 Å². The first kappa shape index (κ1) is 32.0. The normalized spacial score (nSPS) is 12.5. The molecular formula is C44H39FIrN4O-2. The van der Waals surface area contributed by atoms with E-state index in [-0.39, 0.29) is 31.2 Å². The van der Waals surface area contributed by atoms with Gasteiger partial charge in [-0.2, -0.15) is 0 Å². The third-order valence-corrected chi connectivity index (χ3v) is 8.94. The van der Waals surface area contributed by atoms with Gasteiger partial charge in [0.15, 0.2) is 5.65 Å². The fourth-order valence-corrected chi connectivity index (χ4v) is 6.38. The van der Waals surface area contributed by atoms with Crippen LogP contribution in [0.3, 0.4) is 0 Å². The van der Waals surface area contributed by atoms with Crippen LogP contribution in [-0.4, -0.2) is 19.5 Å². The maximum absolute atomic E-state index is 13.8. The van der Waals surface area contributed by atoms with Gasteiger partial charge in [0, 0.05) is 53.5 Å². The first-order chi connectivity index (χ1) is 25.3. The van der Waals surface area contributed by atoms with E-state index in [9.17, 15) is 4.39 Å². The van der Waals surface area contributed by atoms with Gasteiger partial charge in [-0.25, -0.2) is 4.98 Å². The molecule has 0 spiro atoms. The molecule has 0 saturated heterocycles. The largest absolute Gasteiger partial charge is 0.501 e. The Hall–Kier alpha value is -4.97. The number of aryl methyl sites for hydroxylation is 3. The smallest absolute Gasteiger partial charge is 0.155 e. The van der Waals surface area contributed by atoms with Crippen LogP contribution >= 0.6 is 0 Å². The van der Waals surface area contributed by atoms with E-state index in [2.05, 4.69) is 86.6 Å². The second-order valence-electron chi connectivity index (χ2n) is 13.2. The molecule has 0 amide bonds. The summed E-state index contributed by atoms with van der Waals surface area (Å²) in [6.07, 6.45) is 3.50. The summed E-state index contributed by atoms with van der Waals surface area (Å²) in [5.41, 5.74) is 10.6. The van der Waals surface area contributed by atoms with E-state index in [1.165, 1.54) is 17.2 Å². The molecule has 0 atom stereocenters. The summed E-state index contributed by atoms with van der Waals surface area (Å²) in [4.78, 5) is 14.1. The molecule has 4 heterocycles. The fourth-order valence-electron chi connectivity index (χ4n) is 6.38. The number of pyridine rings is 2. The van der Waals surface area contributed by atoms with Crippen LogP contribution in [0.15, 0.2) is 102 Å². The minimum absolute atomic E-state index is 0. The summed E-state index contributed by atoms with van der Waals surface area (Å²) < 4.78 is 44.1. The second kappa shape index (κ2) is 14.7. The predicted octanol–water partition coefficient (Wildman–Crippen LogP) is 11.6. The SMILES string of the molecule is Cc1ccnc2c1nc(-c1[c-]ccc3c1oc1ccccc13)n2-c1c(C(C)C)cccc1C(C)C.[2H]C([2H])([2H])c1c[c-]c(-c2ccc(C)cn2)c(F)c1.[Ir]. The van der Waals surface area contributed by atoms with E-state index in [0.717, 1.165) is 67.4 Å². The second-order valence-corrected chi connectivity index (χ2v) is 13.2. The monoisotopic (exact) mass is 854 g/mol. The molecule has 0 unspecified atom stereocenters. The Kier molecular flexibility index (Phi) is 9.22. The molecule has 7 heteroatoms. The number of halogens is 1. The molecule has 259 valence electrons. The van der Waals surface area contributed by atoms with E-state index < -0.39 is 12.7 Å². The topological polar surface area (TPSA) is 56.7 Å². The summed E-state index contributed by atoms with van der Waals surface area (Å²) in [6.45, 7) is 10.6. The number of furan rings is 1. The van der Waals surface area contributed by atoms with Crippen LogP contribution < -0.4 is 0 Å². The van der Waals surface area contributed by atoms with Gasteiger partial charge in [-0.15, -0.1) is 42.0 Å². The molecule has 1 radical (unpaired) electrons. The zero-order chi connectivity index (χ0) is 37.6. The first-order valence-corrected chi connectivity index (χ1v) is 16.8. The third kappa shape index (κ3) is 6.76. The molecule has 8 rings (SSSR count). The Morgan fingerprint density at radius 3 is 2.27 bits per heavy atom. The van der Waals surface area contributed by atoms with Gasteiger partial charge in [-0.05, 0) is 65.8 Å². The standard InChI is InChI=1S/C31H28N3O.C13H11FN.Ir/c1-18(2)21-11-8-12-22(19(3)4)28(21)34-30(33-27-20(5)16-17-32-31(27)34)25-14-9-13-24-23-10-6-7-15-26(23)35-29(24)25;1-9-3-5-11(12(14)7-9)13-6-4-10(2)8-15-13;/h6-13,15-19H,1-5H3;3-4,6-8H,1-2H3;/q2*-1;/i;1D3;. The number of fused-ring (bicyclic) bond motifs is 4. The minimum atomic E-state index is -2.32. The van der Waals surface area contributed by atoms with E-state index in [1.54, 1.807) is 12.3 Å². The summed E-state index contributed by atoms with van der Waals surface area (Å²) in [5.74, 6) is 0.857. The van der Waals surface area contributed by atoms with Gasteiger partial charge in [0.2, 0.25) is 0 Å². The Bertz CT molecular complexity index is 2580. The van der Waals surface area contributed by atoms with Gasteiger partial charge >= 0.3 is 0 Å². The zero-order valence-corrected chi connectivity index (χ0v) is 31.7. The van der Waals surface area contributed by atoms with Crippen molar-refractivity contribution in [1.82, 2.24) is 19.5 Å². The van der Waals surface area contributed by atoms with Crippen LogP contribution in [0.25, 0.3) is 61.4 Å². The molecule has 4 aromatic carbocycles. The Morgan fingerprint density at radius 2 is 1.59 bits per heavy atom. The van der Waals surface area contributed by atoms with Crippen LogP contribution in [0.2, 0.25) is 0 Å². The molecule has 4 aromatic heterocycles. The average molecular weight is 854 g/mol. The van der Waals surface area contributed by atoms with E-state index >= 15 is 0 Å². The minimum Gasteiger partial charge on any atom is -0.501 e. The van der Waals surface area contributed by atoms with Crippen molar-refractivity contribution in [3.05, 3.63) is 143 Å². The number of para-hydroxylation sites is 2. The fraction of sp³-hybridized carbons (Fsp3) is 0.205. The molecule has 0 aliphatic heterocycles. The number of hydrogen-bond acceptors (Lipinski definition) is 4.